The highest BCUT2D eigenvalue weighted by molar-refractivity contribution is 8.45. The third kappa shape index (κ3) is 17.4. The van der Waals surface area contributed by atoms with Gasteiger partial charge in [-0.3, -0.25) is 39.2 Å². The number of Topliss-reactive ketones (excluding diaryl/α,β-unsaturated/α-hetero) is 1. The number of aliphatic hydroxyl groups excluding tert-OH is 1. The van der Waals surface area contributed by atoms with Crippen LogP contribution < -0.4 is 5.73 Å². The quantitative estimate of drug-likeness (QED) is 0.0653. The molecule has 0 saturated heterocycles. The van der Waals surface area contributed by atoms with Crippen LogP contribution in [0.3, 0.4) is 0 Å². The highest BCUT2D eigenvalue weighted by Gasteiger charge is 2.65. The standard InChI is InChI=1S/C25H25F6NOS.C25H23FN2O2.C17H21FN2.C17H20FNO/c1-16(14-25(33)19-6-9-21(10-7-19)34(27,28,29,30)31)17-2-4-18(5-3-17)22-12-13-32-24-11-8-20(26)15-23(22)24;1-15(28-24(29)20-4-2-3-5-21(20)25(28)30)16-6-8-17(9-7-16)19-12-13-27-23-11-10-18(26)14-22(19)23;1-11(19)12-2-4-13(5-3-12)15-8-9-20-17-7-6-14(18)10-16(15)17;1-11(20)12-2-4-13(5-3-12)15-8-9-19-17-7-6-14(18)10-16(15)17/h6-13,15-18H,2-5,14H2,1H3;2-5,10-17H,6-9H2,1H3;6-13H,2-5,19H2,1H3;6-13,20H,2-5H2,1H3. The first-order chi connectivity index (χ1) is 49.5. The summed E-state index contributed by atoms with van der Waals surface area (Å²) in [5.41, 5.74) is 15.0. The largest absolute Gasteiger partial charge is 0.393 e. The lowest BCUT2D eigenvalue weighted by molar-refractivity contribution is 0.0515. The van der Waals surface area contributed by atoms with Crippen LogP contribution in [0.25, 0.3) is 43.6 Å². The fraction of sp³-hybridized carbons (Fsp3) is 0.393. The summed E-state index contributed by atoms with van der Waals surface area (Å²) in [6, 6.07) is 36.4. The van der Waals surface area contributed by atoms with Gasteiger partial charge in [0.15, 0.2) is 5.78 Å². The van der Waals surface area contributed by atoms with Gasteiger partial charge in [-0.05, 0) is 332 Å². The second kappa shape index (κ2) is 30.8. The minimum Gasteiger partial charge on any atom is -0.393 e. The van der Waals surface area contributed by atoms with Gasteiger partial charge in [0.1, 0.15) is 28.2 Å². The van der Waals surface area contributed by atoms with E-state index in [1.807, 2.05) is 51.4 Å². The number of nitrogens with zero attached hydrogens (tertiary/aromatic N) is 5. The number of rotatable bonds is 13. The molecule has 2 amide bonds. The molecule has 548 valence electrons. The SMILES string of the molecule is CC(C1CCC(c2ccnc3ccc(F)cc23)CC1)N1C(=O)c2ccccc2C1=O.CC(CC(=O)c1ccc(S(F)(F)(F)(F)F)cc1)C1CCC(c2ccnc3ccc(F)cc23)CC1.CC(N)C1CCC(c2ccnc3ccc(F)cc23)CC1.CC(O)C1CCC(c2ccnc3ccc(F)cc23)CC1. The Kier molecular flexibility index (Phi) is 22.3. The monoisotopic (exact) mass is 1450 g/mol. The molecule has 4 unspecified atom stereocenters. The molecular formula is C84H89F9N6O4S. The number of aliphatic hydroxyl groups is 1. The van der Waals surface area contributed by atoms with Crippen LogP contribution in [0.15, 0.2) is 175 Å². The van der Waals surface area contributed by atoms with Crippen LogP contribution in [0.2, 0.25) is 0 Å². The van der Waals surface area contributed by atoms with E-state index in [4.69, 9.17) is 5.73 Å². The molecule has 1 aliphatic heterocycles. The summed E-state index contributed by atoms with van der Waals surface area (Å²) in [5, 5.41) is 13.3. The maximum Gasteiger partial charge on any atom is 0.310 e. The Balaban J connectivity index is 0.000000134. The Hall–Kier alpha value is -8.59. The van der Waals surface area contributed by atoms with Crippen LogP contribution in [0.4, 0.5) is 37.0 Å². The molecule has 10 aromatic rings. The summed E-state index contributed by atoms with van der Waals surface area (Å²) in [5.74, 6) is 1.47. The lowest BCUT2D eigenvalue weighted by atomic mass is 9.72. The first-order valence-electron chi connectivity index (χ1n) is 36.5. The van der Waals surface area contributed by atoms with Gasteiger partial charge >= 0.3 is 10.2 Å². The summed E-state index contributed by atoms with van der Waals surface area (Å²) in [6.07, 6.45) is 23.1. The van der Waals surface area contributed by atoms with E-state index in [1.54, 1.807) is 79.1 Å². The highest BCUT2D eigenvalue weighted by atomic mass is 32.5. The Morgan fingerprint density at radius 3 is 1.08 bits per heavy atom. The van der Waals surface area contributed by atoms with Crippen LogP contribution >= 0.6 is 10.2 Å². The zero-order valence-electron chi connectivity index (χ0n) is 58.9. The number of pyridine rings is 4. The third-order valence-corrected chi connectivity index (χ3v) is 24.2. The van der Waals surface area contributed by atoms with Crippen LogP contribution in [-0.2, 0) is 0 Å². The highest BCUT2D eigenvalue weighted by Crippen LogP contribution is 3.02. The Bertz CT molecular complexity index is 4600. The lowest BCUT2D eigenvalue weighted by Gasteiger charge is -2.40. The molecule has 3 N–H and O–H groups in total. The van der Waals surface area contributed by atoms with Crippen molar-refractivity contribution in [3.05, 3.63) is 233 Å². The van der Waals surface area contributed by atoms with Gasteiger partial charge in [-0.15, -0.1) is 0 Å². The molecule has 0 radical (unpaired) electrons. The lowest BCUT2D eigenvalue weighted by Crippen LogP contribution is -2.43. The number of nitrogens with two attached hydrogens (primary N) is 1. The summed E-state index contributed by atoms with van der Waals surface area (Å²) in [6.45, 7) is 7.90. The maximum absolute atomic E-state index is 13.8. The molecule has 104 heavy (non-hydrogen) atoms. The predicted molar refractivity (Wildman–Crippen MR) is 393 cm³/mol. The molecule has 4 atom stereocenters. The number of hydrogen-bond acceptors (Lipinski definition) is 9. The fourth-order valence-corrected chi connectivity index (χ4v) is 17.7. The molecule has 4 fully saturated rings. The Morgan fingerprint density at radius 1 is 0.442 bits per heavy atom. The van der Waals surface area contributed by atoms with Crippen LogP contribution in [0, 0.1) is 52.9 Å². The Morgan fingerprint density at radius 2 is 0.760 bits per heavy atom. The van der Waals surface area contributed by atoms with E-state index in [-0.39, 0.29) is 107 Å². The molecular weight excluding hydrogens is 1360 g/mol. The van der Waals surface area contributed by atoms with Gasteiger partial charge in [0.2, 0.25) is 0 Å². The van der Waals surface area contributed by atoms with Crippen molar-refractivity contribution in [1.82, 2.24) is 24.8 Å². The van der Waals surface area contributed by atoms with Crippen molar-refractivity contribution in [3.63, 3.8) is 0 Å². The van der Waals surface area contributed by atoms with E-state index in [1.165, 1.54) is 59.2 Å². The van der Waals surface area contributed by atoms with Crippen molar-refractivity contribution >= 4 is 71.4 Å². The number of imide groups is 1. The summed E-state index contributed by atoms with van der Waals surface area (Å²) >= 11 is 0. The van der Waals surface area contributed by atoms with Gasteiger partial charge in [-0.2, -0.15) is 0 Å². The van der Waals surface area contributed by atoms with Gasteiger partial charge in [-0.25, -0.2) is 17.6 Å². The second-order valence-electron chi connectivity index (χ2n) is 29.7. The number of ketones is 1. The van der Waals surface area contributed by atoms with E-state index in [0.29, 0.717) is 40.7 Å². The summed E-state index contributed by atoms with van der Waals surface area (Å²) in [7, 11) is -9.75. The molecule has 0 bridgehead atoms. The summed E-state index contributed by atoms with van der Waals surface area (Å²) in [4.78, 5) is 55.0. The van der Waals surface area contributed by atoms with Crippen molar-refractivity contribution in [2.24, 2.45) is 35.3 Å². The predicted octanol–water partition coefficient (Wildman–Crippen LogP) is 22.6. The molecule has 6 aromatic carbocycles. The first-order valence-corrected chi connectivity index (χ1v) is 38.4. The fourth-order valence-electron chi connectivity index (χ4n) is 17.0. The normalized spacial score (nSPS) is 23.2. The second-order valence-corrected chi connectivity index (χ2v) is 32.1. The third-order valence-electron chi connectivity index (χ3n) is 23.1. The minimum atomic E-state index is -9.75. The van der Waals surface area contributed by atoms with Crippen LogP contribution in [-0.4, -0.2) is 65.7 Å². The first kappa shape index (κ1) is 75.1. The van der Waals surface area contributed by atoms with Gasteiger partial charge in [0.25, 0.3) is 11.8 Å². The molecule has 20 heteroatoms. The van der Waals surface area contributed by atoms with E-state index in [2.05, 4.69) is 32.9 Å². The van der Waals surface area contributed by atoms with E-state index < -0.39 is 15.1 Å². The maximum atomic E-state index is 13.8. The van der Waals surface area contributed by atoms with Gasteiger partial charge in [0, 0.05) is 70.4 Å². The molecule has 5 aliphatic rings. The zero-order valence-corrected chi connectivity index (χ0v) is 59.7. The average molecular weight is 1450 g/mol. The van der Waals surface area contributed by atoms with E-state index >= 15 is 0 Å². The molecule has 4 saturated carbocycles. The molecule has 10 nitrogen and oxygen atoms in total. The zero-order chi connectivity index (χ0) is 73.8. The number of fused-ring (bicyclic) bond motifs is 5. The number of halogens is 9. The van der Waals surface area contributed by atoms with Crippen molar-refractivity contribution in [2.75, 3.05) is 0 Å². The number of carbonyl (C=O) groups is 3. The molecule has 0 spiro atoms. The average Bonchev–Trinajstić information content (AvgIpc) is 0.882. The van der Waals surface area contributed by atoms with Crippen molar-refractivity contribution in [2.45, 2.75) is 184 Å². The van der Waals surface area contributed by atoms with Gasteiger partial charge in [0.05, 0.1) is 39.3 Å². The number of carbonyl (C=O) groups excluding carboxylic acids is 3. The van der Waals surface area contributed by atoms with Crippen molar-refractivity contribution in [1.29, 1.82) is 0 Å². The Labute approximate surface area is 601 Å². The molecule has 5 heterocycles. The molecule has 4 aromatic heterocycles. The number of amides is 2. The number of hydrogen-bond donors (Lipinski definition) is 2. The van der Waals surface area contributed by atoms with Crippen LogP contribution in [0.1, 0.15) is 214 Å². The topological polar surface area (TPSA) is 152 Å². The smallest absolute Gasteiger partial charge is 0.310 e. The van der Waals surface area contributed by atoms with Crippen molar-refractivity contribution < 1.29 is 56.5 Å². The van der Waals surface area contributed by atoms with E-state index in [0.717, 1.165) is 157 Å². The minimum absolute atomic E-state index is 0.00332. The van der Waals surface area contributed by atoms with Crippen molar-refractivity contribution in [3.8, 4) is 0 Å². The number of benzene rings is 6. The van der Waals surface area contributed by atoms with Gasteiger partial charge < -0.3 is 10.8 Å². The van der Waals surface area contributed by atoms with Crippen LogP contribution in [0.5, 0.6) is 0 Å². The van der Waals surface area contributed by atoms with Gasteiger partial charge in [-0.1, -0.05) is 38.5 Å². The molecule has 4 aliphatic carbocycles. The van der Waals surface area contributed by atoms with E-state index in [9.17, 15) is 56.5 Å². The number of aromatic nitrogens is 4. The molecule has 15 rings (SSSR count). The summed E-state index contributed by atoms with van der Waals surface area (Å²) < 4.78 is 119.